The third-order valence-corrected chi connectivity index (χ3v) is 7.88. The Labute approximate surface area is 360 Å². The quantitative estimate of drug-likeness (QED) is 0.0916. The largest absolute Gasteiger partial charge is 0.463 e. The standard InChI is InChI=1S/C18H17F6N5O2.C14H8ClF6N5O.C4H10O.CH4/c1-9(2)8-30-18(23,24)16-27-26-14-5-4-13(28-29(14)16)11-6-12(19)15(25-7-11)31-10(3)17(20,21)22;1-6(14(19,20)21)27-11-8(16)4-7(5-22-11)9-2-3-10-23-24-12(13(15,17)18)26(10)25-9;1-4(2)3-5;/h4-7,9-10H,8H2,1-3H3;2-6H,1H3;4-5H,3H2,1-2H3;1H4/t10-;6-;;/m00../s1. The second-order valence-electron chi connectivity index (χ2n) is 13.9. The summed E-state index contributed by atoms with van der Waals surface area (Å²) in [5.74, 6) is -5.62. The summed E-state index contributed by atoms with van der Waals surface area (Å²) < 4.78 is 174. The molecule has 0 fully saturated rings. The minimum atomic E-state index is -4.70. The molecule has 14 nitrogen and oxygen atoms in total. The lowest BCUT2D eigenvalue weighted by Crippen LogP contribution is -2.31. The Morgan fingerprint density at radius 2 is 1.02 bits per heavy atom. The van der Waals surface area contributed by atoms with Gasteiger partial charge in [-0.15, -0.1) is 20.4 Å². The maximum Gasteiger partial charge on any atom is 0.425 e. The summed E-state index contributed by atoms with van der Waals surface area (Å²) in [6.45, 7) is 8.80. The van der Waals surface area contributed by atoms with Crippen molar-refractivity contribution in [2.75, 3.05) is 13.2 Å². The van der Waals surface area contributed by atoms with Crippen molar-refractivity contribution in [3.05, 3.63) is 72.1 Å². The highest BCUT2D eigenvalue weighted by Gasteiger charge is 2.41. The number of aliphatic hydroxyl groups is 1. The molecule has 0 unspecified atom stereocenters. The Hall–Kier alpha value is -5.63. The fraction of sp³-hybridized carbons (Fsp3) is 0.459. The van der Waals surface area contributed by atoms with Crippen LogP contribution in [0.5, 0.6) is 11.8 Å². The Morgan fingerprint density at radius 1 is 0.625 bits per heavy atom. The molecule has 0 aliphatic heterocycles. The molecule has 6 aromatic heterocycles. The number of alkyl halides is 11. The fourth-order valence-corrected chi connectivity index (χ4v) is 4.47. The van der Waals surface area contributed by atoms with Crippen molar-refractivity contribution in [1.82, 2.24) is 49.6 Å². The van der Waals surface area contributed by atoms with Crippen LogP contribution in [0.4, 0.5) is 52.7 Å². The number of pyridine rings is 2. The molecule has 6 aromatic rings. The minimum Gasteiger partial charge on any atom is -0.463 e. The average molecular weight is 951 g/mol. The van der Waals surface area contributed by atoms with E-state index in [1.54, 1.807) is 13.8 Å². The third-order valence-electron chi connectivity index (χ3n) is 7.71. The highest BCUT2D eigenvalue weighted by Crippen LogP contribution is 2.33. The molecule has 6 rings (SSSR count). The van der Waals surface area contributed by atoms with E-state index in [1.165, 1.54) is 24.3 Å². The molecule has 0 bridgehead atoms. The van der Waals surface area contributed by atoms with Gasteiger partial charge in [0.2, 0.25) is 5.82 Å². The molecule has 0 amide bonds. The van der Waals surface area contributed by atoms with Crippen LogP contribution in [0.15, 0.2) is 48.8 Å². The third kappa shape index (κ3) is 13.7. The van der Waals surface area contributed by atoms with Crippen molar-refractivity contribution in [3.63, 3.8) is 0 Å². The summed E-state index contributed by atoms with van der Waals surface area (Å²) in [6, 6.07) is 6.88. The van der Waals surface area contributed by atoms with Crippen LogP contribution in [-0.4, -0.2) is 92.5 Å². The monoisotopic (exact) mass is 950 g/mol. The van der Waals surface area contributed by atoms with Crippen LogP contribution >= 0.6 is 11.6 Å². The van der Waals surface area contributed by atoms with E-state index in [0.29, 0.717) is 30.9 Å². The van der Waals surface area contributed by atoms with Crippen molar-refractivity contribution < 1.29 is 72.0 Å². The number of nitrogens with zero attached hydrogens (tertiary/aromatic N) is 10. The van der Waals surface area contributed by atoms with Crippen molar-refractivity contribution in [2.24, 2.45) is 11.8 Å². The number of aliphatic hydroxyl groups excluding tert-OH is 1. The molecule has 1 N–H and O–H groups in total. The van der Waals surface area contributed by atoms with Gasteiger partial charge in [0.1, 0.15) is 0 Å². The van der Waals surface area contributed by atoms with Gasteiger partial charge in [-0.2, -0.15) is 63.1 Å². The summed E-state index contributed by atoms with van der Waals surface area (Å²) in [5, 5.41) is 25.9. The Bertz CT molecular complexity index is 2460. The van der Waals surface area contributed by atoms with E-state index in [4.69, 9.17) is 16.7 Å². The van der Waals surface area contributed by atoms with Crippen LogP contribution in [-0.2, 0) is 16.2 Å². The van der Waals surface area contributed by atoms with Crippen molar-refractivity contribution in [3.8, 4) is 34.3 Å². The number of aromatic nitrogens is 10. The molecule has 0 radical (unpaired) electrons. The van der Waals surface area contributed by atoms with Crippen molar-refractivity contribution in [1.29, 1.82) is 0 Å². The fourth-order valence-electron chi connectivity index (χ4n) is 4.35. The van der Waals surface area contributed by atoms with E-state index < -0.39 is 71.1 Å². The molecule has 352 valence electrons. The number of hydrogen-bond acceptors (Lipinski definition) is 12. The normalized spacial score (nSPS) is 13.2. The summed E-state index contributed by atoms with van der Waals surface area (Å²) >= 11 is 4.93. The van der Waals surface area contributed by atoms with Gasteiger partial charge in [0, 0.05) is 30.1 Å². The molecule has 0 aliphatic rings. The first-order valence-corrected chi connectivity index (χ1v) is 18.4. The van der Waals surface area contributed by atoms with E-state index in [-0.39, 0.29) is 53.8 Å². The molecule has 64 heavy (non-hydrogen) atoms. The Morgan fingerprint density at radius 3 is 1.36 bits per heavy atom. The van der Waals surface area contributed by atoms with Crippen LogP contribution in [0.1, 0.15) is 60.6 Å². The first-order valence-electron chi connectivity index (χ1n) is 18.1. The smallest absolute Gasteiger partial charge is 0.425 e. The van der Waals surface area contributed by atoms with Gasteiger partial charge >= 0.3 is 23.8 Å². The van der Waals surface area contributed by atoms with Crippen molar-refractivity contribution >= 4 is 22.9 Å². The Kier molecular flexibility index (Phi) is 17.2. The highest BCUT2D eigenvalue weighted by atomic mass is 35.5. The average Bonchev–Trinajstić information content (AvgIpc) is 3.83. The first kappa shape index (κ1) is 52.7. The predicted octanol–water partition coefficient (Wildman–Crippen LogP) is 9.59. The molecule has 0 spiro atoms. The maximum atomic E-state index is 14.4. The van der Waals surface area contributed by atoms with E-state index in [2.05, 4.69) is 54.8 Å². The van der Waals surface area contributed by atoms with Gasteiger partial charge in [-0.1, -0.05) is 35.1 Å². The number of fused-ring (bicyclic) bond motifs is 2. The number of ether oxygens (including phenoxy) is 3. The van der Waals surface area contributed by atoms with Gasteiger partial charge in [0.25, 0.3) is 17.6 Å². The van der Waals surface area contributed by atoms with Gasteiger partial charge < -0.3 is 19.3 Å². The number of rotatable bonds is 12. The zero-order chi connectivity index (χ0) is 47.2. The molecule has 0 saturated carbocycles. The lowest BCUT2D eigenvalue weighted by molar-refractivity contribution is -0.259. The summed E-state index contributed by atoms with van der Waals surface area (Å²) in [7, 11) is 0. The number of hydrogen-bond donors (Lipinski definition) is 1. The van der Waals surface area contributed by atoms with Crippen LogP contribution in [0.3, 0.4) is 0 Å². The molecule has 0 saturated heterocycles. The number of halogens is 13. The molecular weight excluding hydrogens is 912 g/mol. The van der Waals surface area contributed by atoms with Crippen LogP contribution in [0.2, 0.25) is 0 Å². The summed E-state index contributed by atoms with van der Waals surface area (Å²) in [4.78, 5) is 7.04. The first-order chi connectivity index (χ1) is 29.1. The summed E-state index contributed by atoms with van der Waals surface area (Å²) in [5.41, 5.74) is -0.0711. The van der Waals surface area contributed by atoms with Crippen molar-refractivity contribution in [2.45, 2.75) is 85.0 Å². The van der Waals surface area contributed by atoms with Gasteiger partial charge in [-0.05, 0) is 73.7 Å². The van der Waals surface area contributed by atoms with Gasteiger partial charge in [-0.25, -0.2) is 18.7 Å². The topological polar surface area (TPSA) is 160 Å². The predicted molar refractivity (Wildman–Crippen MR) is 203 cm³/mol. The van der Waals surface area contributed by atoms with Crippen LogP contribution < -0.4 is 9.47 Å². The second-order valence-corrected chi connectivity index (χ2v) is 14.4. The zero-order valence-electron chi connectivity index (χ0n) is 33.4. The molecule has 0 aromatic carbocycles. The molecular formula is C37H39ClF12N10O4. The van der Waals surface area contributed by atoms with E-state index >= 15 is 0 Å². The molecule has 0 aliphatic carbocycles. The SMILES string of the molecule is C.CC(C)CO.CC(C)COC(F)(F)c1nnc2ccc(-c3cnc(O[C@@H](C)C(F)(F)F)c(F)c3)nn12.C[C@H](Oc1ncc(-c2ccc3nnc(C(F)(F)Cl)n3n2)cc1F)C(F)(F)F. The van der Waals surface area contributed by atoms with E-state index in [9.17, 15) is 52.7 Å². The zero-order valence-corrected chi connectivity index (χ0v) is 34.2. The molecule has 2 atom stereocenters. The summed E-state index contributed by atoms with van der Waals surface area (Å²) in [6.07, 6.45) is -15.7. The highest BCUT2D eigenvalue weighted by molar-refractivity contribution is 6.21. The molecule has 27 heteroatoms. The lowest BCUT2D eigenvalue weighted by atomic mass is 10.2. The van der Waals surface area contributed by atoms with Crippen LogP contribution in [0, 0.1) is 23.5 Å². The lowest BCUT2D eigenvalue weighted by Gasteiger charge is -2.17. The van der Waals surface area contributed by atoms with Gasteiger partial charge in [-0.3, -0.25) is 0 Å². The van der Waals surface area contributed by atoms with Gasteiger partial charge in [0.15, 0.2) is 35.1 Å². The maximum absolute atomic E-state index is 14.4. The Balaban J connectivity index is 0.000000306. The van der Waals surface area contributed by atoms with Gasteiger partial charge in [0.05, 0.1) is 18.0 Å². The molecule has 6 heterocycles. The second kappa shape index (κ2) is 20.9. The van der Waals surface area contributed by atoms with E-state index in [0.717, 1.165) is 29.0 Å². The van der Waals surface area contributed by atoms with Crippen LogP contribution in [0.25, 0.3) is 33.8 Å². The van der Waals surface area contributed by atoms with E-state index in [1.807, 2.05) is 13.8 Å². The minimum absolute atomic E-state index is 0.